The Hall–Kier alpha value is -1.01. The molecule has 0 aromatic rings. The van der Waals surface area contributed by atoms with Crippen molar-refractivity contribution in [2.75, 3.05) is 26.2 Å². The highest BCUT2D eigenvalue weighted by molar-refractivity contribution is 5.78. The third-order valence-corrected chi connectivity index (χ3v) is 3.67. The third kappa shape index (κ3) is 3.86. The molecule has 0 aliphatic carbocycles. The van der Waals surface area contributed by atoms with Crippen LogP contribution in [0.15, 0.2) is 0 Å². The molecular weight excluding hydrogens is 200 g/mol. The first kappa shape index (κ1) is 13.1. The molecule has 1 N–H and O–H groups in total. The van der Waals surface area contributed by atoms with E-state index in [4.69, 9.17) is 6.42 Å². The lowest BCUT2D eigenvalue weighted by Gasteiger charge is -2.38. The van der Waals surface area contributed by atoms with Gasteiger partial charge in [0.25, 0.3) is 0 Å². The maximum Gasteiger partial charge on any atom is 0.234 e. The van der Waals surface area contributed by atoms with E-state index >= 15 is 0 Å². The molecule has 1 amide bonds. The molecule has 0 bridgehead atoms. The lowest BCUT2D eigenvalue weighted by Crippen LogP contribution is -2.43. The van der Waals surface area contributed by atoms with Gasteiger partial charge >= 0.3 is 0 Å². The summed E-state index contributed by atoms with van der Waals surface area (Å²) in [4.78, 5) is 13.7. The maximum absolute atomic E-state index is 11.5. The zero-order valence-corrected chi connectivity index (χ0v) is 10.4. The molecule has 1 heterocycles. The van der Waals surface area contributed by atoms with E-state index in [2.05, 4.69) is 30.0 Å². The number of nitrogens with one attached hydrogen (secondary N) is 1. The number of carbonyl (C=O) groups is 1. The van der Waals surface area contributed by atoms with E-state index in [0.717, 1.165) is 13.1 Å². The minimum Gasteiger partial charge on any atom is -0.344 e. The molecule has 1 saturated heterocycles. The molecule has 1 aliphatic rings. The number of carbonyl (C=O) groups excluding carboxylic acids is 1. The summed E-state index contributed by atoms with van der Waals surface area (Å²) in [6, 6.07) is 0. The topological polar surface area (TPSA) is 32.3 Å². The second-order valence-electron chi connectivity index (χ2n) is 4.92. The van der Waals surface area contributed by atoms with Crippen molar-refractivity contribution in [2.45, 2.75) is 33.1 Å². The summed E-state index contributed by atoms with van der Waals surface area (Å²) in [5, 5.41) is 2.70. The molecule has 1 aliphatic heterocycles. The quantitative estimate of drug-likeness (QED) is 0.726. The summed E-state index contributed by atoms with van der Waals surface area (Å²) in [6.45, 7) is 7.44. The zero-order valence-electron chi connectivity index (χ0n) is 10.4. The smallest absolute Gasteiger partial charge is 0.234 e. The standard InChI is InChI=1S/C13H22N2O/c1-4-8-14-12(16)11-15-9-6-13(3,5-2)7-10-15/h1H,5-11H2,2-3H3,(H,14,16). The van der Waals surface area contributed by atoms with Crippen LogP contribution in [0.25, 0.3) is 0 Å². The van der Waals surface area contributed by atoms with Crippen molar-refractivity contribution in [3.8, 4) is 12.3 Å². The molecule has 0 unspecified atom stereocenters. The second-order valence-corrected chi connectivity index (χ2v) is 4.92. The highest BCUT2D eigenvalue weighted by Gasteiger charge is 2.28. The lowest BCUT2D eigenvalue weighted by molar-refractivity contribution is -0.122. The van der Waals surface area contributed by atoms with Crippen molar-refractivity contribution < 1.29 is 4.79 Å². The van der Waals surface area contributed by atoms with Crippen LogP contribution in [-0.4, -0.2) is 37.0 Å². The van der Waals surface area contributed by atoms with Crippen LogP contribution in [-0.2, 0) is 4.79 Å². The van der Waals surface area contributed by atoms with Crippen LogP contribution in [0.2, 0.25) is 0 Å². The first-order valence-corrected chi connectivity index (χ1v) is 6.02. The fourth-order valence-electron chi connectivity index (χ4n) is 2.01. The number of piperidine rings is 1. The molecule has 0 spiro atoms. The van der Waals surface area contributed by atoms with Crippen LogP contribution < -0.4 is 5.32 Å². The van der Waals surface area contributed by atoms with Crippen LogP contribution in [0.5, 0.6) is 0 Å². The monoisotopic (exact) mass is 222 g/mol. The van der Waals surface area contributed by atoms with Gasteiger partial charge in [0.2, 0.25) is 5.91 Å². The maximum atomic E-state index is 11.5. The van der Waals surface area contributed by atoms with E-state index in [1.165, 1.54) is 19.3 Å². The van der Waals surface area contributed by atoms with Crippen molar-refractivity contribution in [1.82, 2.24) is 10.2 Å². The summed E-state index contributed by atoms with van der Waals surface area (Å²) in [6.07, 6.45) is 8.68. The molecule has 0 aromatic carbocycles. The highest BCUT2D eigenvalue weighted by Crippen LogP contribution is 2.33. The Labute approximate surface area is 98.6 Å². The summed E-state index contributed by atoms with van der Waals surface area (Å²) in [5.41, 5.74) is 0.478. The van der Waals surface area contributed by atoms with E-state index in [0.29, 0.717) is 18.5 Å². The van der Waals surface area contributed by atoms with Gasteiger partial charge in [-0.05, 0) is 31.3 Å². The van der Waals surface area contributed by atoms with Gasteiger partial charge in [-0.1, -0.05) is 26.2 Å². The molecule has 1 fully saturated rings. The van der Waals surface area contributed by atoms with Crippen molar-refractivity contribution in [2.24, 2.45) is 5.41 Å². The highest BCUT2D eigenvalue weighted by atomic mass is 16.2. The Bertz CT molecular complexity index is 272. The molecule has 0 atom stereocenters. The Morgan fingerprint density at radius 3 is 2.62 bits per heavy atom. The van der Waals surface area contributed by atoms with Crippen LogP contribution in [0, 0.1) is 17.8 Å². The van der Waals surface area contributed by atoms with Gasteiger partial charge < -0.3 is 5.32 Å². The number of hydrogen-bond acceptors (Lipinski definition) is 2. The molecule has 0 saturated carbocycles. The van der Waals surface area contributed by atoms with Crippen molar-refractivity contribution in [1.29, 1.82) is 0 Å². The Morgan fingerprint density at radius 1 is 1.50 bits per heavy atom. The third-order valence-electron chi connectivity index (χ3n) is 3.67. The molecule has 0 aromatic heterocycles. The molecule has 90 valence electrons. The zero-order chi connectivity index (χ0) is 12.0. The average Bonchev–Trinajstić information content (AvgIpc) is 2.30. The van der Waals surface area contributed by atoms with Crippen LogP contribution in [0.1, 0.15) is 33.1 Å². The number of hydrogen-bond donors (Lipinski definition) is 1. The molecule has 3 nitrogen and oxygen atoms in total. The minimum atomic E-state index is 0.0399. The molecule has 16 heavy (non-hydrogen) atoms. The predicted molar refractivity (Wildman–Crippen MR) is 65.9 cm³/mol. The first-order valence-electron chi connectivity index (χ1n) is 6.02. The van der Waals surface area contributed by atoms with Gasteiger partial charge in [-0.25, -0.2) is 0 Å². The van der Waals surface area contributed by atoms with E-state index in [1.807, 2.05) is 0 Å². The number of terminal acetylenes is 1. The van der Waals surface area contributed by atoms with Crippen LogP contribution >= 0.6 is 0 Å². The summed E-state index contributed by atoms with van der Waals surface area (Å²) in [5.74, 6) is 2.45. The number of likely N-dealkylation sites (tertiary alicyclic amines) is 1. The normalized spacial score (nSPS) is 20.1. The van der Waals surface area contributed by atoms with Crippen molar-refractivity contribution >= 4 is 5.91 Å². The Kier molecular flexibility index (Phi) is 4.82. The first-order chi connectivity index (χ1) is 7.59. The fraction of sp³-hybridized carbons (Fsp3) is 0.769. The summed E-state index contributed by atoms with van der Waals surface area (Å²) in [7, 11) is 0. The van der Waals surface area contributed by atoms with Crippen molar-refractivity contribution in [3.05, 3.63) is 0 Å². The summed E-state index contributed by atoms with van der Waals surface area (Å²) < 4.78 is 0. The molecule has 1 rings (SSSR count). The second kappa shape index (κ2) is 5.91. The van der Waals surface area contributed by atoms with Crippen LogP contribution in [0.4, 0.5) is 0 Å². The predicted octanol–water partition coefficient (Wildman–Crippen LogP) is 1.25. The van der Waals surface area contributed by atoms with E-state index in [9.17, 15) is 4.79 Å². The number of amides is 1. The van der Waals surface area contributed by atoms with Gasteiger partial charge in [0.05, 0.1) is 13.1 Å². The minimum absolute atomic E-state index is 0.0399. The van der Waals surface area contributed by atoms with Gasteiger partial charge in [0, 0.05) is 0 Å². The molecule has 3 heteroatoms. The SMILES string of the molecule is C#CCNC(=O)CN1CCC(C)(CC)CC1. The van der Waals surface area contributed by atoms with Gasteiger partial charge in [0.1, 0.15) is 0 Å². The van der Waals surface area contributed by atoms with Crippen LogP contribution in [0.3, 0.4) is 0 Å². The largest absolute Gasteiger partial charge is 0.344 e. The van der Waals surface area contributed by atoms with E-state index in [1.54, 1.807) is 0 Å². The van der Waals surface area contributed by atoms with Gasteiger partial charge in [0.15, 0.2) is 0 Å². The van der Waals surface area contributed by atoms with Crippen molar-refractivity contribution in [3.63, 3.8) is 0 Å². The average molecular weight is 222 g/mol. The van der Waals surface area contributed by atoms with Gasteiger partial charge in [-0.15, -0.1) is 6.42 Å². The van der Waals surface area contributed by atoms with E-state index in [-0.39, 0.29) is 5.91 Å². The van der Waals surface area contributed by atoms with E-state index < -0.39 is 0 Å². The van der Waals surface area contributed by atoms with Gasteiger partial charge in [-0.2, -0.15) is 0 Å². The number of rotatable bonds is 4. The Balaban J connectivity index is 2.27. The number of nitrogens with zero attached hydrogens (tertiary/aromatic N) is 1. The molecule has 0 radical (unpaired) electrons. The fourth-order valence-corrected chi connectivity index (χ4v) is 2.01. The van der Waals surface area contributed by atoms with Gasteiger partial charge in [-0.3, -0.25) is 9.69 Å². The molecular formula is C13H22N2O. The lowest BCUT2D eigenvalue weighted by atomic mass is 9.78. The summed E-state index contributed by atoms with van der Waals surface area (Å²) >= 11 is 0. The Morgan fingerprint density at radius 2 is 2.12 bits per heavy atom.